The molecule has 0 saturated carbocycles. The molecule has 25 heavy (non-hydrogen) atoms. The van der Waals surface area contributed by atoms with Crippen molar-refractivity contribution in [2.24, 2.45) is 4.99 Å². The van der Waals surface area contributed by atoms with E-state index < -0.39 is 0 Å². The number of hydrogen-bond acceptors (Lipinski definition) is 4. The minimum Gasteiger partial charge on any atom is -0.356 e. The number of aliphatic imine (C=N–C) groups is 1. The lowest BCUT2D eigenvalue weighted by Gasteiger charge is -2.24. The van der Waals surface area contributed by atoms with Gasteiger partial charge in [0, 0.05) is 31.3 Å². The zero-order valence-electron chi connectivity index (χ0n) is 14.9. The van der Waals surface area contributed by atoms with Gasteiger partial charge in [0.1, 0.15) is 0 Å². The molecule has 2 heterocycles. The summed E-state index contributed by atoms with van der Waals surface area (Å²) in [7, 11) is 1.84. The lowest BCUT2D eigenvalue weighted by molar-refractivity contribution is 0.583. The number of nitrogens with one attached hydrogen (secondary N) is 2. The normalized spacial score (nSPS) is 20.5. The van der Waals surface area contributed by atoms with Crippen LogP contribution in [0, 0.1) is 0 Å². The highest BCUT2D eigenvalue weighted by Crippen LogP contribution is 2.36. The Balaban J connectivity index is 0.00000225. The number of hydrogen-bond donors (Lipinski definition) is 2. The predicted molar refractivity (Wildman–Crippen MR) is 123 cm³/mol. The maximum absolute atomic E-state index is 4.69. The molecule has 1 atom stereocenters. The van der Waals surface area contributed by atoms with Crippen LogP contribution in [0.1, 0.15) is 31.2 Å². The summed E-state index contributed by atoms with van der Waals surface area (Å²) in [5, 5.41) is 8.12. The fourth-order valence-electron chi connectivity index (χ4n) is 2.94. The van der Waals surface area contributed by atoms with Gasteiger partial charge in [0.15, 0.2) is 5.96 Å². The number of fused-ring (bicyclic) bond motifs is 1. The first kappa shape index (κ1) is 20.8. The fourth-order valence-corrected chi connectivity index (χ4v) is 5.19. The first-order valence-electron chi connectivity index (χ1n) is 8.61. The summed E-state index contributed by atoms with van der Waals surface area (Å²) in [5.41, 5.74) is 1.12. The minimum atomic E-state index is 0. The molecule has 1 aliphatic heterocycles. The van der Waals surface area contributed by atoms with E-state index in [4.69, 9.17) is 0 Å². The molecule has 0 amide bonds. The van der Waals surface area contributed by atoms with Crippen LogP contribution in [0.3, 0.4) is 0 Å². The van der Waals surface area contributed by atoms with Crippen molar-refractivity contribution in [3.8, 4) is 0 Å². The summed E-state index contributed by atoms with van der Waals surface area (Å²) < 4.78 is 1.64. The van der Waals surface area contributed by atoms with Crippen molar-refractivity contribution < 1.29 is 0 Å². The van der Waals surface area contributed by atoms with Crippen molar-refractivity contribution in [3.63, 3.8) is 0 Å². The highest BCUT2D eigenvalue weighted by Gasteiger charge is 2.29. The fraction of sp³-hybridized carbons (Fsp3) is 0.556. The van der Waals surface area contributed by atoms with Gasteiger partial charge in [-0.15, -0.1) is 35.3 Å². The number of halogens is 1. The van der Waals surface area contributed by atoms with Crippen LogP contribution in [0.25, 0.3) is 10.2 Å². The van der Waals surface area contributed by atoms with Gasteiger partial charge >= 0.3 is 0 Å². The van der Waals surface area contributed by atoms with Gasteiger partial charge in [-0.25, -0.2) is 4.98 Å². The second-order valence-corrected chi connectivity index (χ2v) is 9.23. The molecule has 0 spiro atoms. The topological polar surface area (TPSA) is 49.3 Å². The highest BCUT2D eigenvalue weighted by molar-refractivity contribution is 14.0. The van der Waals surface area contributed by atoms with E-state index in [1.165, 1.54) is 28.3 Å². The molecule has 7 heteroatoms. The average Bonchev–Trinajstić information content (AvgIpc) is 3.20. The molecule has 3 rings (SSSR count). The largest absolute Gasteiger partial charge is 0.356 e. The number of nitrogens with zero attached hydrogens (tertiary/aromatic N) is 2. The predicted octanol–water partition coefficient (Wildman–Crippen LogP) is 4.30. The smallest absolute Gasteiger partial charge is 0.191 e. The third-order valence-electron chi connectivity index (χ3n) is 4.35. The molecular formula is C18H27IN4S2. The molecule has 2 N–H and O–H groups in total. The van der Waals surface area contributed by atoms with Gasteiger partial charge < -0.3 is 10.6 Å². The van der Waals surface area contributed by atoms with E-state index in [1.54, 1.807) is 11.3 Å². The van der Waals surface area contributed by atoms with Crippen LogP contribution in [-0.2, 0) is 6.42 Å². The van der Waals surface area contributed by atoms with E-state index in [0.29, 0.717) is 4.75 Å². The number of thioether (sulfide) groups is 1. The summed E-state index contributed by atoms with van der Waals surface area (Å²) in [6, 6.07) is 8.35. The Kier molecular flexibility index (Phi) is 8.28. The Hall–Kier alpha value is -0.540. The van der Waals surface area contributed by atoms with Crippen molar-refractivity contribution in [3.05, 3.63) is 29.3 Å². The Morgan fingerprint density at radius 1 is 1.32 bits per heavy atom. The summed E-state index contributed by atoms with van der Waals surface area (Å²) in [6.45, 7) is 4.24. The molecule has 1 saturated heterocycles. The van der Waals surface area contributed by atoms with Crippen molar-refractivity contribution in [1.82, 2.24) is 15.6 Å². The maximum atomic E-state index is 4.69. The molecule has 1 fully saturated rings. The third-order valence-corrected chi connectivity index (χ3v) is 6.99. The molecule has 4 nitrogen and oxygen atoms in total. The standard InChI is InChI=1S/C18H26N4S2.HI/c1-18(10-6-12-23-18)13-21-17(19-2)20-11-5-9-16-22-14-7-3-4-8-15(14)24-16;/h3-4,7-8H,5-6,9-13H2,1-2H3,(H2,19,20,21);1H. The monoisotopic (exact) mass is 490 g/mol. The molecule has 1 unspecified atom stereocenters. The van der Waals surface area contributed by atoms with Crippen molar-refractivity contribution in [2.75, 3.05) is 25.9 Å². The van der Waals surface area contributed by atoms with Gasteiger partial charge in [-0.05, 0) is 44.1 Å². The Morgan fingerprint density at radius 2 is 2.16 bits per heavy atom. The SMILES string of the molecule is CN=C(NCCCc1nc2ccccc2s1)NCC1(C)CCCS1.I. The number of rotatable bonds is 6. The lowest BCUT2D eigenvalue weighted by Crippen LogP contribution is -2.43. The molecule has 2 aromatic rings. The summed E-state index contributed by atoms with van der Waals surface area (Å²) in [5.74, 6) is 2.19. The van der Waals surface area contributed by atoms with Crippen LogP contribution in [-0.4, -0.2) is 41.6 Å². The quantitative estimate of drug-likeness (QED) is 0.275. The van der Waals surface area contributed by atoms with Crippen molar-refractivity contribution >= 4 is 63.3 Å². The summed E-state index contributed by atoms with van der Waals surface area (Å²) in [6.07, 6.45) is 4.69. The van der Waals surface area contributed by atoms with Crippen LogP contribution in [0.4, 0.5) is 0 Å². The third kappa shape index (κ3) is 5.99. The molecule has 1 aliphatic rings. The van der Waals surface area contributed by atoms with Crippen LogP contribution in [0.2, 0.25) is 0 Å². The number of guanidine groups is 1. The first-order valence-corrected chi connectivity index (χ1v) is 10.4. The lowest BCUT2D eigenvalue weighted by atomic mass is 10.1. The second kappa shape index (κ2) is 9.97. The zero-order chi connectivity index (χ0) is 16.8. The maximum Gasteiger partial charge on any atom is 0.191 e. The summed E-state index contributed by atoms with van der Waals surface area (Å²) >= 11 is 3.87. The molecule has 138 valence electrons. The molecular weight excluding hydrogens is 463 g/mol. The highest BCUT2D eigenvalue weighted by atomic mass is 127. The van der Waals surface area contributed by atoms with Gasteiger partial charge in [0.05, 0.1) is 15.2 Å². The van der Waals surface area contributed by atoms with Crippen molar-refractivity contribution in [1.29, 1.82) is 0 Å². The van der Waals surface area contributed by atoms with Crippen LogP contribution < -0.4 is 10.6 Å². The first-order chi connectivity index (χ1) is 11.7. The zero-order valence-corrected chi connectivity index (χ0v) is 18.8. The van der Waals surface area contributed by atoms with Gasteiger partial charge in [0.25, 0.3) is 0 Å². The van der Waals surface area contributed by atoms with Crippen LogP contribution >= 0.6 is 47.1 Å². The summed E-state index contributed by atoms with van der Waals surface area (Å²) in [4.78, 5) is 9.02. The number of aromatic nitrogens is 1. The van der Waals surface area contributed by atoms with Gasteiger partial charge in [0.2, 0.25) is 0 Å². The number of benzene rings is 1. The van der Waals surface area contributed by atoms with Gasteiger partial charge in [-0.2, -0.15) is 11.8 Å². The Labute approximate surface area is 175 Å². The Bertz CT molecular complexity index is 662. The van der Waals surface area contributed by atoms with E-state index in [2.05, 4.69) is 57.5 Å². The van der Waals surface area contributed by atoms with Crippen LogP contribution in [0.15, 0.2) is 29.3 Å². The molecule has 0 aliphatic carbocycles. The van der Waals surface area contributed by atoms with E-state index in [1.807, 2.05) is 13.1 Å². The van der Waals surface area contributed by atoms with Crippen molar-refractivity contribution in [2.45, 2.75) is 37.4 Å². The Morgan fingerprint density at radius 3 is 2.88 bits per heavy atom. The number of para-hydroxylation sites is 1. The van der Waals surface area contributed by atoms with E-state index in [9.17, 15) is 0 Å². The van der Waals surface area contributed by atoms with Crippen LogP contribution in [0.5, 0.6) is 0 Å². The van der Waals surface area contributed by atoms with Gasteiger partial charge in [-0.1, -0.05) is 12.1 Å². The number of aryl methyl sites for hydroxylation is 1. The van der Waals surface area contributed by atoms with E-state index >= 15 is 0 Å². The van der Waals surface area contributed by atoms with E-state index in [-0.39, 0.29) is 24.0 Å². The second-order valence-electron chi connectivity index (χ2n) is 6.43. The van der Waals surface area contributed by atoms with Gasteiger partial charge in [-0.3, -0.25) is 4.99 Å². The molecule has 0 bridgehead atoms. The minimum absolute atomic E-state index is 0. The number of thiazole rings is 1. The van der Waals surface area contributed by atoms with E-state index in [0.717, 1.165) is 37.4 Å². The molecule has 0 radical (unpaired) electrons. The molecule has 1 aromatic heterocycles. The average molecular weight is 490 g/mol. The molecule has 1 aromatic carbocycles.